The fourth-order valence-electron chi connectivity index (χ4n) is 3.28. The number of carbonyl (C=O) groups is 2. The highest BCUT2D eigenvalue weighted by atomic mass is 35.5. The number of benzene rings is 2. The zero-order valence-corrected chi connectivity index (χ0v) is 16.7. The third-order valence-corrected chi connectivity index (χ3v) is 5.29. The summed E-state index contributed by atoms with van der Waals surface area (Å²) in [5.41, 5.74) is 2.99. The van der Waals surface area contributed by atoms with Gasteiger partial charge in [0.1, 0.15) is 0 Å². The van der Waals surface area contributed by atoms with E-state index in [1.54, 1.807) is 24.0 Å². The lowest BCUT2D eigenvalue weighted by atomic mass is 10.1. The topological polar surface area (TPSA) is 88.3 Å². The zero-order valence-electron chi connectivity index (χ0n) is 16.0. The minimum atomic E-state index is -0.446. The number of hydrogen-bond acceptors (Lipinski definition) is 5. The summed E-state index contributed by atoms with van der Waals surface area (Å²) < 4.78 is 5.02. The van der Waals surface area contributed by atoms with E-state index in [0.29, 0.717) is 34.7 Å². The van der Waals surface area contributed by atoms with Crippen LogP contribution in [-0.4, -0.2) is 28.5 Å². The van der Waals surface area contributed by atoms with Crippen molar-refractivity contribution in [2.24, 2.45) is 5.92 Å². The Balaban J connectivity index is 1.49. The Morgan fingerprint density at radius 1 is 1.24 bits per heavy atom. The van der Waals surface area contributed by atoms with Crippen LogP contribution in [-0.2, 0) is 9.59 Å². The quantitative estimate of drug-likeness (QED) is 0.702. The summed E-state index contributed by atoms with van der Waals surface area (Å²) in [6, 6.07) is 12.7. The average Bonchev–Trinajstić information content (AvgIpc) is 3.31. The fourth-order valence-corrected chi connectivity index (χ4v) is 3.46. The second kappa shape index (κ2) is 7.67. The standard InChI is InChI=1S/C21H19ClN4O3/c1-12-6-7-16(10-18(12)22)24-21(28)15-9-19(27)26(11-15)17-5-3-4-14(8-17)20-23-13(2)29-25-20/h3-8,10,15H,9,11H2,1-2H3,(H,24,28)/t15-/m1/s1. The molecule has 0 saturated carbocycles. The van der Waals surface area contributed by atoms with E-state index in [1.807, 2.05) is 37.3 Å². The normalized spacial score (nSPS) is 16.3. The molecule has 0 bridgehead atoms. The molecule has 1 fully saturated rings. The molecule has 3 aromatic rings. The van der Waals surface area contributed by atoms with Gasteiger partial charge in [-0.3, -0.25) is 9.59 Å². The van der Waals surface area contributed by atoms with E-state index in [4.69, 9.17) is 16.1 Å². The summed E-state index contributed by atoms with van der Waals surface area (Å²) in [6.45, 7) is 3.92. The first-order valence-corrected chi connectivity index (χ1v) is 9.56. The van der Waals surface area contributed by atoms with E-state index in [0.717, 1.165) is 11.1 Å². The first-order valence-electron chi connectivity index (χ1n) is 9.19. The van der Waals surface area contributed by atoms with E-state index in [1.165, 1.54) is 0 Å². The molecule has 1 atom stereocenters. The molecule has 8 heteroatoms. The van der Waals surface area contributed by atoms with Crippen LogP contribution < -0.4 is 10.2 Å². The number of anilines is 2. The van der Waals surface area contributed by atoms with Crippen LogP contribution in [0.2, 0.25) is 5.02 Å². The number of amides is 2. The van der Waals surface area contributed by atoms with Gasteiger partial charge in [-0.2, -0.15) is 4.98 Å². The molecule has 1 aromatic heterocycles. The summed E-state index contributed by atoms with van der Waals surface area (Å²) >= 11 is 6.12. The number of halogens is 1. The van der Waals surface area contributed by atoms with Gasteiger partial charge in [0, 0.05) is 41.9 Å². The second-order valence-electron chi connectivity index (χ2n) is 7.05. The number of aryl methyl sites for hydroxylation is 2. The number of rotatable bonds is 4. The Hall–Kier alpha value is -3.19. The van der Waals surface area contributed by atoms with Crippen molar-refractivity contribution in [3.05, 3.63) is 58.9 Å². The summed E-state index contributed by atoms with van der Waals surface area (Å²) in [5, 5.41) is 7.35. The highest BCUT2D eigenvalue weighted by molar-refractivity contribution is 6.31. The van der Waals surface area contributed by atoms with Crippen molar-refractivity contribution < 1.29 is 14.1 Å². The lowest BCUT2D eigenvalue weighted by Crippen LogP contribution is -2.28. The van der Waals surface area contributed by atoms with Crippen molar-refractivity contribution in [1.29, 1.82) is 0 Å². The van der Waals surface area contributed by atoms with Crippen LogP contribution in [0.15, 0.2) is 47.0 Å². The van der Waals surface area contributed by atoms with Crippen molar-refractivity contribution in [2.45, 2.75) is 20.3 Å². The highest BCUT2D eigenvalue weighted by Gasteiger charge is 2.35. The van der Waals surface area contributed by atoms with Crippen LogP contribution in [0.25, 0.3) is 11.4 Å². The maximum Gasteiger partial charge on any atom is 0.229 e. The summed E-state index contributed by atoms with van der Waals surface area (Å²) in [5.74, 6) is 0.176. The van der Waals surface area contributed by atoms with E-state index < -0.39 is 5.92 Å². The third kappa shape index (κ3) is 4.00. The smallest absolute Gasteiger partial charge is 0.229 e. The minimum Gasteiger partial charge on any atom is -0.339 e. The number of hydrogen-bond donors (Lipinski definition) is 1. The maximum absolute atomic E-state index is 12.7. The van der Waals surface area contributed by atoms with E-state index in [9.17, 15) is 9.59 Å². The molecule has 0 aliphatic carbocycles. The highest BCUT2D eigenvalue weighted by Crippen LogP contribution is 2.29. The molecular weight excluding hydrogens is 392 g/mol. The van der Waals surface area contributed by atoms with Gasteiger partial charge in [0.25, 0.3) is 0 Å². The van der Waals surface area contributed by atoms with E-state index in [2.05, 4.69) is 15.5 Å². The Morgan fingerprint density at radius 2 is 2.07 bits per heavy atom. The predicted octanol–water partition coefficient (Wildman–Crippen LogP) is 4.00. The molecule has 0 spiro atoms. The van der Waals surface area contributed by atoms with Crippen LogP contribution >= 0.6 is 11.6 Å². The van der Waals surface area contributed by atoms with Crippen LogP contribution in [0.3, 0.4) is 0 Å². The molecule has 29 heavy (non-hydrogen) atoms. The number of carbonyl (C=O) groups excluding carboxylic acids is 2. The molecule has 2 amide bonds. The number of aromatic nitrogens is 2. The van der Waals surface area contributed by atoms with Gasteiger partial charge in [0.05, 0.1) is 5.92 Å². The predicted molar refractivity (Wildman–Crippen MR) is 110 cm³/mol. The molecule has 1 aliphatic heterocycles. The Bertz CT molecular complexity index is 1100. The zero-order chi connectivity index (χ0) is 20.5. The molecular formula is C21H19ClN4O3. The van der Waals surface area contributed by atoms with Gasteiger partial charge < -0.3 is 14.7 Å². The van der Waals surface area contributed by atoms with Gasteiger partial charge in [-0.1, -0.05) is 35.0 Å². The Kier molecular flexibility index (Phi) is 5.07. The Labute approximate surface area is 172 Å². The molecule has 2 aromatic carbocycles. The van der Waals surface area contributed by atoms with Crippen molar-refractivity contribution in [3.8, 4) is 11.4 Å². The monoisotopic (exact) mass is 410 g/mol. The van der Waals surface area contributed by atoms with E-state index in [-0.39, 0.29) is 18.2 Å². The molecule has 7 nitrogen and oxygen atoms in total. The van der Waals surface area contributed by atoms with Crippen molar-refractivity contribution in [1.82, 2.24) is 10.1 Å². The van der Waals surface area contributed by atoms with Gasteiger partial charge >= 0.3 is 0 Å². The molecule has 1 saturated heterocycles. The van der Waals surface area contributed by atoms with Gasteiger partial charge in [-0.05, 0) is 36.8 Å². The van der Waals surface area contributed by atoms with Gasteiger partial charge in [-0.25, -0.2) is 0 Å². The van der Waals surface area contributed by atoms with Crippen molar-refractivity contribution in [3.63, 3.8) is 0 Å². The number of nitrogens with one attached hydrogen (secondary N) is 1. The van der Waals surface area contributed by atoms with E-state index >= 15 is 0 Å². The molecule has 4 rings (SSSR count). The molecule has 1 aliphatic rings. The summed E-state index contributed by atoms with van der Waals surface area (Å²) in [7, 11) is 0. The van der Waals surface area contributed by atoms with Gasteiger partial charge in [-0.15, -0.1) is 0 Å². The lowest BCUT2D eigenvalue weighted by molar-refractivity contribution is -0.122. The second-order valence-corrected chi connectivity index (χ2v) is 7.45. The average molecular weight is 411 g/mol. The maximum atomic E-state index is 12.7. The summed E-state index contributed by atoms with van der Waals surface area (Å²) in [6.07, 6.45) is 0.150. The Morgan fingerprint density at radius 3 is 2.79 bits per heavy atom. The molecule has 2 heterocycles. The molecule has 1 N–H and O–H groups in total. The van der Waals surface area contributed by atoms with Crippen molar-refractivity contribution >= 4 is 34.8 Å². The van der Waals surface area contributed by atoms with Crippen molar-refractivity contribution in [2.75, 3.05) is 16.8 Å². The molecule has 0 unspecified atom stereocenters. The van der Waals surface area contributed by atoms with Crippen LogP contribution in [0, 0.1) is 19.8 Å². The molecule has 148 valence electrons. The van der Waals surface area contributed by atoms with Crippen LogP contribution in [0.5, 0.6) is 0 Å². The molecule has 0 radical (unpaired) electrons. The minimum absolute atomic E-state index is 0.103. The SMILES string of the molecule is Cc1nc(-c2cccc(N3C[C@H](C(=O)Nc4ccc(C)c(Cl)c4)CC3=O)c2)no1. The lowest BCUT2D eigenvalue weighted by Gasteiger charge is -2.17. The third-order valence-electron chi connectivity index (χ3n) is 4.88. The summed E-state index contributed by atoms with van der Waals surface area (Å²) in [4.78, 5) is 31.1. The van der Waals surface area contributed by atoms with Crippen LogP contribution in [0.4, 0.5) is 11.4 Å². The number of nitrogens with zero attached hydrogens (tertiary/aromatic N) is 3. The first-order chi connectivity index (χ1) is 13.9. The first kappa shape index (κ1) is 19.1. The largest absolute Gasteiger partial charge is 0.339 e. The van der Waals surface area contributed by atoms with Gasteiger partial charge in [0.2, 0.25) is 23.5 Å². The van der Waals surface area contributed by atoms with Gasteiger partial charge in [0.15, 0.2) is 0 Å². The van der Waals surface area contributed by atoms with Crippen LogP contribution in [0.1, 0.15) is 17.9 Å². The fraction of sp³-hybridized carbons (Fsp3) is 0.238.